The van der Waals surface area contributed by atoms with Crippen molar-refractivity contribution in [2.24, 2.45) is 0 Å². The van der Waals surface area contributed by atoms with E-state index in [1.54, 1.807) is 30.3 Å². The maximum atomic E-state index is 12.5. The molecule has 0 aliphatic carbocycles. The molecule has 40 heavy (non-hydrogen) atoms. The highest BCUT2D eigenvalue weighted by atomic mass is 32.2. The number of amides is 4. The Labute approximate surface area is 233 Å². The van der Waals surface area contributed by atoms with Gasteiger partial charge in [-0.25, -0.2) is 9.59 Å². The Morgan fingerprint density at radius 1 is 0.550 bits per heavy atom. The van der Waals surface area contributed by atoms with Crippen molar-refractivity contribution in [3.63, 3.8) is 0 Å². The Kier molecular flexibility index (Phi) is 9.60. The lowest BCUT2D eigenvalue weighted by Gasteiger charge is -2.13. The summed E-state index contributed by atoms with van der Waals surface area (Å²) in [6.07, 6.45) is 0. The van der Waals surface area contributed by atoms with Crippen LogP contribution in [0.2, 0.25) is 0 Å². The molecule has 214 valence electrons. The van der Waals surface area contributed by atoms with Gasteiger partial charge in [-0.3, -0.25) is 0 Å². The van der Waals surface area contributed by atoms with E-state index in [0.29, 0.717) is 22.7 Å². The van der Waals surface area contributed by atoms with Crippen molar-refractivity contribution >= 4 is 55.0 Å². The van der Waals surface area contributed by atoms with Gasteiger partial charge in [-0.2, -0.15) is 16.8 Å². The third kappa shape index (κ3) is 8.88. The monoisotopic (exact) mass is 590 g/mol. The molecule has 0 aliphatic rings. The molecule has 0 radical (unpaired) electrons. The second-order valence-corrected chi connectivity index (χ2v) is 13.2. The van der Waals surface area contributed by atoms with Crippen LogP contribution in [0.1, 0.15) is 27.7 Å². The minimum Gasteiger partial charge on any atom is -0.382 e. The molecule has 12 nitrogen and oxygen atoms in total. The van der Waals surface area contributed by atoms with Crippen molar-refractivity contribution in [2.75, 3.05) is 21.3 Å². The number of hydrogen-bond acceptors (Lipinski definition) is 8. The van der Waals surface area contributed by atoms with E-state index in [2.05, 4.69) is 21.3 Å². The van der Waals surface area contributed by atoms with Crippen LogP contribution in [-0.4, -0.2) is 39.4 Å². The van der Waals surface area contributed by atoms with Gasteiger partial charge in [0, 0.05) is 34.9 Å². The van der Waals surface area contributed by atoms with Crippen LogP contribution in [-0.2, 0) is 20.2 Å². The molecule has 0 aliphatic heterocycles. The van der Waals surface area contributed by atoms with Crippen molar-refractivity contribution in [1.29, 1.82) is 0 Å². The Hall–Kier alpha value is -4.30. The second kappa shape index (κ2) is 12.7. The van der Waals surface area contributed by atoms with E-state index in [9.17, 15) is 26.4 Å². The number of carbonyl (C=O) groups is 2. The Morgan fingerprint density at radius 3 is 1.18 bits per heavy atom. The normalized spacial score (nSPS) is 11.6. The first-order chi connectivity index (χ1) is 18.7. The van der Waals surface area contributed by atoms with E-state index in [0.717, 1.165) is 0 Å². The summed E-state index contributed by atoms with van der Waals surface area (Å²) in [5, 5.41) is 8.96. The third-order valence-corrected chi connectivity index (χ3v) is 8.30. The van der Waals surface area contributed by atoms with Gasteiger partial charge in [0.2, 0.25) is 0 Å². The number of nitrogens with one attached hydrogen (secondary N) is 4. The molecule has 14 heteroatoms. The second-order valence-electron chi connectivity index (χ2n) is 9.04. The van der Waals surface area contributed by atoms with Crippen molar-refractivity contribution < 1.29 is 34.8 Å². The van der Waals surface area contributed by atoms with E-state index in [1.807, 2.05) is 0 Å². The van der Waals surface area contributed by atoms with Gasteiger partial charge in [-0.15, -0.1) is 0 Å². The molecular weight excluding hydrogens is 560 g/mol. The molecular formula is C26H30N4O8S2. The summed E-state index contributed by atoms with van der Waals surface area (Å²) in [6.45, 7) is 5.97. The number of rotatable bonds is 10. The fourth-order valence-electron chi connectivity index (χ4n) is 2.97. The molecule has 0 atom stereocenters. The highest BCUT2D eigenvalue weighted by Crippen LogP contribution is 2.23. The fourth-order valence-corrected chi connectivity index (χ4v) is 4.10. The largest absolute Gasteiger partial charge is 0.382 e. The SMILES string of the molecule is CC(C)S(=O)(=O)Oc1cccc(NC(=O)Nc2cccc(NC(=O)Nc3cccc(OS(=O)(=O)C(C)C)c3)c2)c1. The highest BCUT2D eigenvalue weighted by Gasteiger charge is 2.19. The van der Waals surface area contributed by atoms with Crippen LogP contribution in [0.4, 0.5) is 32.3 Å². The van der Waals surface area contributed by atoms with Crippen molar-refractivity contribution in [2.45, 2.75) is 38.2 Å². The van der Waals surface area contributed by atoms with Gasteiger partial charge in [0.05, 0.1) is 10.5 Å². The van der Waals surface area contributed by atoms with Gasteiger partial charge in [0.1, 0.15) is 11.5 Å². The predicted octanol–water partition coefficient (Wildman–Crippen LogP) is 5.21. The topological polar surface area (TPSA) is 169 Å². The molecule has 0 heterocycles. The summed E-state index contributed by atoms with van der Waals surface area (Å²) >= 11 is 0. The molecule has 0 saturated heterocycles. The van der Waals surface area contributed by atoms with E-state index >= 15 is 0 Å². The van der Waals surface area contributed by atoms with Gasteiger partial charge in [0.15, 0.2) is 0 Å². The van der Waals surface area contributed by atoms with Crippen molar-refractivity contribution in [3.05, 3.63) is 72.8 Å². The zero-order chi connectivity index (χ0) is 29.5. The van der Waals surface area contributed by atoms with Gasteiger partial charge < -0.3 is 29.6 Å². The average Bonchev–Trinajstić information content (AvgIpc) is 2.83. The van der Waals surface area contributed by atoms with Crippen LogP contribution in [0.5, 0.6) is 11.5 Å². The standard InChI is InChI=1S/C26H30N4O8S2/c1-17(2)39(33,34)37-23-12-6-10-21(15-23)29-25(31)27-19-8-5-9-20(14-19)28-26(32)30-22-11-7-13-24(16-22)38-40(35,36)18(3)4/h5-18H,1-4H3,(H2,27,29,31)(H2,28,30,32). The summed E-state index contributed by atoms with van der Waals surface area (Å²) < 4.78 is 58.1. The van der Waals surface area contributed by atoms with Crippen LogP contribution >= 0.6 is 0 Å². The molecule has 0 spiro atoms. The molecule has 3 rings (SSSR count). The van der Waals surface area contributed by atoms with E-state index in [1.165, 1.54) is 70.2 Å². The molecule has 0 saturated carbocycles. The van der Waals surface area contributed by atoms with Gasteiger partial charge in [-0.1, -0.05) is 18.2 Å². The molecule has 4 amide bonds. The summed E-state index contributed by atoms with van der Waals surface area (Å²) in [5.74, 6) is 0.115. The highest BCUT2D eigenvalue weighted by molar-refractivity contribution is 7.87. The van der Waals surface area contributed by atoms with Crippen molar-refractivity contribution in [1.82, 2.24) is 0 Å². The molecule has 0 fully saturated rings. The molecule has 3 aromatic rings. The van der Waals surface area contributed by atoms with Gasteiger partial charge in [0.25, 0.3) is 0 Å². The quantitative estimate of drug-likeness (QED) is 0.233. The summed E-state index contributed by atoms with van der Waals surface area (Å²) in [7, 11) is -7.58. The Morgan fingerprint density at radius 2 is 0.850 bits per heavy atom. The number of carbonyl (C=O) groups excluding carboxylic acids is 2. The molecule has 4 N–H and O–H groups in total. The molecule has 0 aromatic heterocycles. The minimum atomic E-state index is -3.79. The molecule has 3 aromatic carbocycles. The summed E-state index contributed by atoms with van der Waals surface area (Å²) in [5.41, 5.74) is 1.32. The van der Waals surface area contributed by atoms with Gasteiger partial charge >= 0.3 is 32.3 Å². The first-order valence-corrected chi connectivity index (χ1v) is 15.0. The van der Waals surface area contributed by atoms with Crippen LogP contribution in [0.3, 0.4) is 0 Å². The maximum absolute atomic E-state index is 12.5. The number of anilines is 4. The zero-order valence-corrected chi connectivity index (χ0v) is 23.8. The number of hydrogen-bond donors (Lipinski definition) is 4. The fraction of sp³-hybridized carbons (Fsp3) is 0.231. The first-order valence-electron chi connectivity index (χ1n) is 12.1. The third-order valence-electron chi connectivity index (χ3n) is 5.14. The van der Waals surface area contributed by atoms with Crippen LogP contribution in [0, 0.1) is 0 Å². The first kappa shape index (κ1) is 30.2. The van der Waals surface area contributed by atoms with E-state index < -0.39 is 42.8 Å². The predicted molar refractivity (Wildman–Crippen MR) is 154 cm³/mol. The summed E-state index contributed by atoms with van der Waals surface area (Å²) in [6, 6.07) is 17.0. The smallest absolute Gasteiger partial charge is 0.323 e. The van der Waals surface area contributed by atoms with Crippen molar-refractivity contribution in [3.8, 4) is 11.5 Å². The Bertz CT molecular complexity index is 1470. The van der Waals surface area contributed by atoms with Crippen LogP contribution in [0.25, 0.3) is 0 Å². The Balaban J connectivity index is 1.59. The zero-order valence-electron chi connectivity index (χ0n) is 22.2. The van der Waals surface area contributed by atoms with Crippen LogP contribution in [0.15, 0.2) is 72.8 Å². The lowest BCUT2D eigenvalue weighted by Crippen LogP contribution is -2.22. The summed E-state index contributed by atoms with van der Waals surface area (Å²) in [4.78, 5) is 25.0. The maximum Gasteiger partial charge on any atom is 0.323 e. The lowest BCUT2D eigenvalue weighted by molar-refractivity contribution is 0.261. The molecule has 0 unspecified atom stereocenters. The van der Waals surface area contributed by atoms with Crippen LogP contribution < -0.4 is 29.6 Å². The van der Waals surface area contributed by atoms with E-state index in [4.69, 9.17) is 8.37 Å². The number of urea groups is 2. The minimum absolute atomic E-state index is 0.0577. The van der Waals surface area contributed by atoms with Gasteiger partial charge in [-0.05, 0) is 70.2 Å². The lowest BCUT2D eigenvalue weighted by atomic mass is 10.2. The average molecular weight is 591 g/mol. The number of benzene rings is 3. The van der Waals surface area contributed by atoms with E-state index in [-0.39, 0.29) is 11.5 Å². The molecule has 0 bridgehead atoms.